The zero-order chi connectivity index (χ0) is 26.9. The molecule has 3 aromatic rings. The Balaban J connectivity index is 1.37. The molecule has 7 nitrogen and oxygen atoms in total. The quantitative estimate of drug-likeness (QED) is 0.237. The fourth-order valence-corrected chi connectivity index (χ4v) is 4.96. The summed E-state index contributed by atoms with van der Waals surface area (Å²) in [6.07, 6.45) is -2.68. The normalized spacial score (nSPS) is 28.3. The highest BCUT2D eigenvalue weighted by Crippen LogP contribution is 2.40. The van der Waals surface area contributed by atoms with Crippen LogP contribution in [-0.2, 0) is 53.0 Å². The van der Waals surface area contributed by atoms with Gasteiger partial charge in [0, 0.05) is 12.3 Å². The molecule has 0 amide bonds. The molecule has 2 saturated heterocycles. The van der Waals surface area contributed by atoms with Crippen LogP contribution >= 0.6 is 15.9 Å². The lowest BCUT2D eigenvalue weighted by molar-refractivity contribution is -0.342. The van der Waals surface area contributed by atoms with Crippen molar-refractivity contribution >= 4 is 15.9 Å². The highest BCUT2D eigenvalue weighted by molar-refractivity contribution is 9.09. The summed E-state index contributed by atoms with van der Waals surface area (Å²) in [5.74, 6) is -1.26. The van der Waals surface area contributed by atoms with Gasteiger partial charge in [0.25, 0.3) is 5.97 Å². The minimum absolute atomic E-state index is 0.297. The Morgan fingerprint density at radius 1 is 0.718 bits per heavy atom. The highest BCUT2D eigenvalue weighted by atomic mass is 79.9. The Morgan fingerprint density at radius 2 is 1.26 bits per heavy atom. The summed E-state index contributed by atoms with van der Waals surface area (Å²) in [7, 11) is 0. The third kappa shape index (κ3) is 7.74. The molecule has 0 N–H and O–H groups in total. The number of alkyl halides is 1. The zero-order valence-electron chi connectivity index (χ0n) is 22.0. The van der Waals surface area contributed by atoms with E-state index in [2.05, 4.69) is 15.9 Å². The number of halogens is 1. The number of ether oxygens (including phenoxy) is 7. The molecule has 5 rings (SSSR count). The fourth-order valence-electron chi connectivity index (χ4n) is 4.80. The minimum atomic E-state index is -1.26. The van der Waals surface area contributed by atoms with Crippen molar-refractivity contribution in [3.8, 4) is 0 Å². The topological polar surface area (TPSA) is 64.6 Å². The van der Waals surface area contributed by atoms with Crippen LogP contribution in [0.5, 0.6) is 0 Å². The lowest BCUT2D eigenvalue weighted by Gasteiger charge is -2.42. The molecule has 6 atom stereocenters. The van der Waals surface area contributed by atoms with Crippen LogP contribution in [0.3, 0.4) is 0 Å². The van der Waals surface area contributed by atoms with E-state index >= 15 is 0 Å². The van der Waals surface area contributed by atoms with Crippen molar-refractivity contribution in [3.05, 3.63) is 108 Å². The van der Waals surface area contributed by atoms with Crippen molar-refractivity contribution in [1.82, 2.24) is 0 Å². The highest BCUT2D eigenvalue weighted by Gasteiger charge is 2.57. The second-order valence-electron chi connectivity index (χ2n) is 9.67. The van der Waals surface area contributed by atoms with Crippen LogP contribution in [0.25, 0.3) is 0 Å². The first-order valence-electron chi connectivity index (χ1n) is 13.3. The van der Waals surface area contributed by atoms with E-state index in [1.165, 1.54) is 0 Å². The summed E-state index contributed by atoms with van der Waals surface area (Å²) in [4.78, 5) is 0. The van der Waals surface area contributed by atoms with E-state index in [0.717, 1.165) is 16.7 Å². The fraction of sp³-hybridized carbons (Fsp3) is 0.419. The summed E-state index contributed by atoms with van der Waals surface area (Å²) >= 11 is 3.40. The molecule has 3 aromatic carbocycles. The van der Waals surface area contributed by atoms with Gasteiger partial charge in [0.2, 0.25) is 0 Å². The first-order chi connectivity index (χ1) is 19.1. The van der Waals surface area contributed by atoms with Gasteiger partial charge >= 0.3 is 0 Å². The Morgan fingerprint density at radius 3 is 1.82 bits per heavy atom. The van der Waals surface area contributed by atoms with Crippen LogP contribution in [0.15, 0.2) is 91.0 Å². The average Bonchev–Trinajstić information content (AvgIpc) is 3.31. The first-order valence-corrected chi connectivity index (χ1v) is 14.4. The number of hydrogen-bond donors (Lipinski definition) is 0. The molecule has 208 valence electrons. The van der Waals surface area contributed by atoms with Gasteiger partial charge in [0.1, 0.15) is 24.4 Å². The lowest BCUT2D eigenvalue weighted by atomic mass is 9.98. The van der Waals surface area contributed by atoms with Gasteiger partial charge in [0.15, 0.2) is 6.29 Å². The summed E-state index contributed by atoms with van der Waals surface area (Å²) in [6.45, 7) is 3.71. The maximum atomic E-state index is 6.55. The van der Waals surface area contributed by atoms with E-state index in [1.807, 2.05) is 91.0 Å². The summed E-state index contributed by atoms with van der Waals surface area (Å²) in [5.41, 5.74) is 3.19. The van der Waals surface area contributed by atoms with E-state index in [-0.39, 0.29) is 0 Å². The van der Waals surface area contributed by atoms with Gasteiger partial charge in [-0.25, -0.2) is 0 Å². The third-order valence-electron chi connectivity index (χ3n) is 6.68. The zero-order valence-corrected chi connectivity index (χ0v) is 23.6. The molecular formula is C31H35BrO7. The molecule has 2 aliphatic rings. The van der Waals surface area contributed by atoms with E-state index in [1.54, 1.807) is 6.92 Å². The molecule has 6 unspecified atom stereocenters. The smallest absolute Gasteiger partial charge is 0.282 e. The van der Waals surface area contributed by atoms with Crippen LogP contribution in [0, 0.1) is 0 Å². The van der Waals surface area contributed by atoms with Crippen LogP contribution in [0.2, 0.25) is 0 Å². The molecule has 0 spiro atoms. The van der Waals surface area contributed by atoms with Gasteiger partial charge in [-0.05, 0) is 16.7 Å². The maximum Gasteiger partial charge on any atom is 0.282 e. The molecule has 2 aliphatic heterocycles. The Kier molecular flexibility index (Phi) is 10.2. The van der Waals surface area contributed by atoms with Crippen molar-refractivity contribution in [2.24, 2.45) is 0 Å². The molecule has 0 saturated carbocycles. The van der Waals surface area contributed by atoms with Gasteiger partial charge in [-0.3, -0.25) is 4.74 Å². The Hall–Kier alpha value is -2.14. The van der Waals surface area contributed by atoms with Crippen LogP contribution in [0.1, 0.15) is 23.6 Å². The second kappa shape index (κ2) is 14.0. The van der Waals surface area contributed by atoms with Crippen molar-refractivity contribution in [2.45, 2.75) is 63.4 Å². The third-order valence-corrected chi connectivity index (χ3v) is 7.00. The second-order valence-corrected chi connectivity index (χ2v) is 10.5. The molecule has 0 aliphatic carbocycles. The number of rotatable bonds is 13. The van der Waals surface area contributed by atoms with Gasteiger partial charge in [0.05, 0.1) is 33.0 Å². The molecule has 0 aromatic heterocycles. The summed E-state index contributed by atoms with van der Waals surface area (Å²) < 4.78 is 44.0. The van der Waals surface area contributed by atoms with Crippen molar-refractivity contribution in [2.75, 3.05) is 18.5 Å². The van der Waals surface area contributed by atoms with E-state index < -0.39 is 36.7 Å². The molecule has 0 bridgehead atoms. The van der Waals surface area contributed by atoms with Gasteiger partial charge in [-0.1, -0.05) is 107 Å². The van der Waals surface area contributed by atoms with E-state index in [9.17, 15) is 0 Å². The average molecular weight is 600 g/mol. The molecule has 8 heteroatoms. The predicted molar refractivity (Wildman–Crippen MR) is 149 cm³/mol. The molecule has 2 fully saturated rings. The minimum Gasteiger partial charge on any atom is -0.374 e. The van der Waals surface area contributed by atoms with E-state index in [4.69, 9.17) is 33.2 Å². The van der Waals surface area contributed by atoms with Crippen molar-refractivity contribution < 1.29 is 33.2 Å². The standard InChI is InChI=1S/C31H35BrO7/c1-31(36-18-17-32)38-29-28(35-21-25-15-9-4-10-16-25)27(34-20-24-13-7-3-8-14-24)26(37-30(29)39-31)22-33-19-23-11-5-2-6-12-23/h2-16,26-30H,17-22H2,1H3. The van der Waals surface area contributed by atoms with Crippen LogP contribution < -0.4 is 0 Å². The van der Waals surface area contributed by atoms with Crippen molar-refractivity contribution in [3.63, 3.8) is 0 Å². The summed E-state index contributed by atoms with van der Waals surface area (Å²) in [5, 5.41) is 0.651. The monoisotopic (exact) mass is 598 g/mol. The molecule has 2 heterocycles. The van der Waals surface area contributed by atoms with Crippen molar-refractivity contribution in [1.29, 1.82) is 0 Å². The van der Waals surface area contributed by atoms with Gasteiger partial charge in [-0.15, -0.1) is 0 Å². The number of hydrogen-bond acceptors (Lipinski definition) is 7. The maximum absolute atomic E-state index is 6.55. The predicted octanol–water partition coefficient (Wildman–Crippen LogP) is 5.60. The number of benzene rings is 3. The number of fused-ring (bicyclic) bond motifs is 1. The Bertz CT molecular complexity index is 1120. The lowest BCUT2D eigenvalue weighted by Crippen LogP contribution is -2.59. The molecule has 39 heavy (non-hydrogen) atoms. The van der Waals surface area contributed by atoms with Crippen LogP contribution in [-0.4, -0.2) is 55.2 Å². The largest absolute Gasteiger partial charge is 0.374 e. The molecular weight excluding hydrogens is 564 g/mol. The SMILES string of the molecule is CC1(OCCBr)OC2OC(COCc3ccccc3)C(OCc3ccccc3)C(OCc3ccccc3)C2O1. The summed E-state index contributed by atoms with van der Waals surface area (Å²) in [6, 6.07) is 30.1. The van der Waals surface area contributed by atoms with Gasteiger partial charge < -0.3 is 28.4 Å². The Labute approximate surface area is 238 Å². The van der Waals surface area contributed by atoms with Gasteiger partial charge in [-0.2, -0.15) is 0 Å². The van der Waals surface area contributed by atoms with E-state index in [0.29, 0.717) is 38.4 Å². The molecule has 0 radical (unpaired) electrons. The van der Waals surface area contributed by atoms with Crippen LogP contribution in [0.4, 0.5) is 0 Å². The first kappa shape index (κ1) is 28.4.